The van der Waals surface area contributed by atoms with E-state index in [1.54, 1.807) is 45.6 Å². The number of rotatable bonds is 7. The van der Waals surface area contributed by atoms with Crippen LogP contribution in [-0.2, 0) is 9.59 Å². The minimum absolute atomic E-state index is 0.0791. The number of benzene rings is 1. The molecule has 1 aromatic heterocycles. The fraction of sp³-hybridized carbons (Fsp3) is 0.500. The third-order valence-electron chi connectivity index (χ3n) is 5.64. The molecular weight excluding hydrogens is 370 g/mol. The number of methoxy groups -OCH3 is 1. The molecule has 0 atom stereocenters. The molecule has 1 heterocycles. The van der Waals surface area contributed by atoms with Gasteiger partial charge in [-0.15, -0.1) is 0 Å². The Balaban J connectivity index is 1.83. The van der Waals surface area contributed by atoms with Crippen molar-refractivity contribution >= 4 is 28.5 Å². The predicted octanol–water partition coefficient (Wildman–Crippen LogP) is 2.86. The van der Waals surface area contributed by atoms with Crippen LogP contribution in [0.5, 0.6) is 5.75 Å². The predicted molar refractivity (Wildman–Crippen MR) is 111 cm³/mol. The maximum Gasteiger partial charge on any atom is 0.295 e. The molecule has 29 heavy (non-hydrogen) atoms. The number of ketones is 1. The second-order valence-electron chi connectivity index (χ2n) is 7.92. The normalized spacial score (nSPS) is 14.6. The third kappa shape index (κ3) is 4.78. The van der Waals surface area contributed by atoms with Crippen molar-refractivity contribution in [2.75, 3.05) is 34.3 Å². The molecular formula is C22H29N3O4. The van der Waals surface area contributed by atoms with Crippen molar-refractivity contribution in [3.05, 3.63) is 30.0 Å². The number of Topliss-reactive ketones (excluding diaryl/α,β-unsaturated/α-hetero) is 1. The zero-order valence-electron chi connectivity index (χ0n) is 17.4. The lowest BCUT2D eigenvalue weighted by atomic mass is 9.89. The van der Waals surface area contributed by atoms with E-state index in [0.717, 1.165) is 31.2 Å². The van der Waals surface area contributed by atoms with Gasteiger partial charge >= 0.3 is 0 Å². The zero-order valence-corrected chi connectivity index (χ0v) is 17.4. The van der Waals surface area contributed by atoms with Crippen molar-refractivity contribution in [1.82, 2.24) is 14.8 Å². The van der Waals surface area contributed by atoms with Crippen molar-refractivity contribution < 1.29 is 19.1 Å². The number of fused-ring (bicyclic) bond motifs is 1. The Bertz CT molecular complexity index is 897. The summed E-state index contributed by atoms with van der Waals surface area (Å²) in [4.78, 5) is 44.4. The van der Waals surface area contributed by atoms with Gasteiger partial charge in [-0.25, -0.2) is 0 Å². The van der Waals surface area contributed by atoms with E-state index in [9.17, 15) is 14.4 Å². The van der Waals surface area contributed by atoms with Gasteiger partial charge in [0.2, 0.25) is 5.91 Å². The minimum Gasteiger partial charge on any atom is -0.497 e. The quantitative estimate of drug-likeness (QED) is 0.573. The molecule has 7 heteroatoms. The van der Waals surface area contributed by atoms with Gasteiger partial charge < -0.3 is 19.5 Å². The van der Waals surface area contributed by atoms with Gasteiger partial charge in [0, 0.05) is 43.8 Å². The summed E-state index contributed by atoms with van der Waals surface area (Å²) in [6.45, 7) is 0.366. The first kappa shape index (κ1) is 20.9. The molecule has 0 radical (unpaired) electrons. The molecule has 0 spiro atoms. The van der Waals surface area contributed by atoms with E-state index in [0.29, 0.717) is 29.2 Å². The van der Waals surface area contributed by atoms with E-state index in [-0.39, 0.29) is 12.5 Å². The van der Waals surface area contributed by atoms with Crippen LogP contribution in [0.3, 0.4) is 0 Å². The lowest BCUT2D eigenvalue weighted by Gasteiger charge is -2.29. The van der Waals surface area contributed by atoms with E-state index >= 15 is 0 Å². The fourth-order valence-electron chi connectivity index (χ4n) is 3.88. The van der Waals surface area contributed by atoms with Crippen LogP contribution in [0.1, 0.15) is 42.5 Å². The van der Waals surface area contributed by atoms with E-state index in [4.69, 9.17) is 4.74 Å². The summed E-state index contributed by atoms with van der Waals surface area (Å²) in [6.07, 6.45) is 7.08. The molecule has 1 saturated carbocycles. The first-order valence-corrected chi connectivity index (χ1v) is 10.1. The van der Waals surface area contributed by atoms with Gasteiger partial charge in [0.25, 0.3) is 11.7 Å². The smallest absolute Gasteiger partial charge is 0.295 e. The summed E-state index contributed by atoms with van der Waals surface area (Å²) >= 11 is 0. The van der Waals surface area contributed by atoms with Crippen LogP contribution >= 0.6 is 0 Å². The number of likely N-dealkylation sites (N-methyl/N-ethyl adjacent to an activating group) is 1. The Hall–Kier alpha value is -2.83. The average Bonchev–Trinajstić information content (AvgIpc) is 3.15. The van der Waals surface area contributed by atoms with Crippen molar-refractivity contribution in [2.24, 2.45) is 5.92 Å². The van der Waals surface area contributed by atoms with Gasteiger partial charge in [-0.2, -0.15) is 0 Å². The minimum atomic E-state index is -0.623. The SMILES string of the molecule is COc1ccc2c(C(=O)C(=O)N(CC(=O)N(C)C)CC3CCCCC3)c[nH]c2c1. The maximum absolute atomic E-state index is 13.1. The molecule has 156 valence electrons. The van der Waals surface area contributed by atoms with Crippen molar-refractivity contribution in [1.29, 1.82) is 0 Å². The van der Waals surface area contributed by atoms with Crippen LogP contribution < -0.4 is 4.74 Å². The number of H-pyrrole nitrogens is 1. The van der Waals surface area contributed by atoms with Gasteiger partial charge in [-0.1, -0.05) is 19.3 Å². The molecule has 1 aliphatic carbocycles. The molecule has 1 aliphatic rings. The standard InChI is InChI=1S/C22H29N3O4/c1-24(2)20(26)14-25(13-15-7-5-4-6-8-15)22(28)21(27)18-12-23-19-11-16(29-3)9-10-17(18)19/h9-12,15,23H,4-8,13-14H2,1-3H3. The van der Waals surface area contributed by atoms with Gasteiger partial charge in [0.1, 0.15) is 12.3 Å². The van der Waals surface area contributed by atoms with E-state index < -0.39 is 11.7 Å². The van der Waals surface area contributed by atoms with Crippen LogP contribution in [0.25, 0.3) is 10.9 Å². The highest BCUT2D eigenvalue weighted by Gasteiger charge is 2.29. The highest BCUT2D eigenvalue weighted by atomic mass is 16.5. The molecule has 7 nitrogen and oxygen atoms in total. The molecule has 0 bridgehead atoms. The number of aromatic nitrogens is 1. The number of carbonyl (C=O) groups is 3. The first-order chi connectivity index (χ1) is 13.9. The van der Waals surface area contributed by atoms with Crippen LogP contribution in [0.15, 0.2) is 24.4 Å². The molecule has 2 aromatic rings. The topological polar surface area (TPSA) is 82.7 Å². The first-order valence-electron chi connectivity index (χ1n) is 10.1. The zero-order chi connectivity index (χ0) is 21.0. The molecule has 1 aromatic carbocycles. The summed E-state index contributed by atoms with van der Waals surface area (Å²) in [5.74, 6) is -0.403. The fourth-order valence-corrected chi connectivity index (χ4v) is 3.88. The van der Waals surface area contributed by atoms with Gasteiger partial charge in [-0.05, 0) is 30.9 Å². The Morgan fingerprint density at radius 2 is 1.86 bits per heavy atom. The monoisotopic (exact) mass is 399 g/mol. The highest BCUT2D eigenvalue weighted by molar-refractivity contribution is 6.45. The van der Waals surface area contributed by atoms with E-state index in [1.807, 2.05) is 0 Å². The number of aromatic amines is 1. The molecule has 1 fully saturated rings. The van der Waals surface area contributed by atoms with Crippen LogP contribution in [0.4, 0.5) is 0 Å². The third-order valence-corrected chi connectivity index (χ3v) is 5.64. The molecule has 0 aliphatic heterocycles. The number of nitrogens with one attached hydrogen (secondary N) is 1. The maximum atomic E-state index is 13.1. The van der Waals surface area contributed by atoms with Crippen LogP contribution in [0.2, 0.25) is 0 Å². The number of hydrogen-bond acceptors (Lipinski definition) is 4. The summed E-state index contributed by atoms with van der Waals surface area (Å²) < 4.78 is 5.21. The lowest BCUT2D eigenvalue weighted by Crippen LogP contribution is -2.45. The summed E-state index contributed by atoms with van der Waals surface area (Å²) in [6, 6.07) is 5.31. The van der Waals surface area contributed by atoms with E-state index in [2.05, 4.69) is 4.98 Å². The summed E-state index contributed by atoms with van der Waals surface area (Å²) in [5.41, 5.74) is 1.04. The Labute approximate surface area is 171 Å². The van der Waals surface area contributed by atoms with E-state index in [1.165, 1.54) is 16.2 Å². The highest BCUT2D eigenvalue weighted by Crippen LogP contribution is 2.26. The largest absolute Gasteiger partial charge is 0.497 e. The molecule has 1 N–H and O–H groups in total. The Morgan fingerprint density at radius 1 is 1.14 bits per heavy atom. The average molecular weight is 399 g/mol. The lowest BCUT2D eigenvalue weighted by molar-refractivity contribution is -0.137. The number of carbonyl (C=O) groups excluding carboxylic acids is 3. The van der Waals surface area contributed by atoms with Crippen molar-refractivity contribution in [3.8, 4) is 5.75 Å². The van der Waals surface area contributed by atoms with Crippen LogP contribution in [-0.4, -0.2) is 66.7 Å². The number of nitrogens with zero attached hydrogens (tertiary/aromatic N) is 2. The number of amides is 2. The molecule has 2 amide bonds. The Kier molecular flexibility index (Phi) is 6.56. The number of ether oxygens (including phenoxy) is 1. The van der Waals surface area contributed by atoms with Gasteiger partial charge in [0.05, 0.1) is 12.7 Å². The Morgan fingerprint density at radius 3 is 2.52 bits per heavy atom. The molecule has 0 unspecified atom stereocenters. The molecule has 3 rings (SSSR count). The van der Waals surface area contributed by atoms with Crippen LogP contribution in [0, 0.1) is 5.92 Å². The summed E-state index contributed by atoms with van der Waals surface area (Å²) in [5, 5.41) is 0.667. The molecule has 0 saturated heterocycles. The second kappa shape index (κ2) is 9.11. The second-order valence-corrected chi connectivity index (χ2v) is 7.92. The van der Waals surface area contributed by atoms with Gasteiger partial charge in [0.15, 0.2) is 0 Å². The number of hydrogen-bond donors (Lipinski definition) is 1. The van der Waals surface area contributed by atoms with Gasteiger partial charge in [-0.3, -0.25) is 14.4 Å². The summed E-state index contributed by atoms with van der Waals surface area (Å²) in [7, 11) is 4.88. The van der Waals surface area contributed by atoms with Crippen molar-refractivity contribution in [2.45, 2.75) is 32.1 Å². The van der Waals surface area contributed by atoms with Crippen molar-refractivity contribution in [3.63, 3.8) is 0 Å².